The second-order valence-electron chi connectivity index (χ2n) is 4.74. The normalized spacial score (nSPS) is 26.4. The Kier molecular flexibility index (Phi) is 6.22. The molecule has 0 aromatic rings. The van der Waals surface area contributed by atoms with E-state index in [1.807, 2.05) is 0 Å². The molecule has 1 aliphatic rings. The number of rotatable bonds is 7. The van der Waals surface area contributed by atoms with Crippen LogP contribution in [-0.2, 0) is 0 Å². The van der Waals surface area contributed by atoms with Crippen LogP contribution in [-0.4, -0.2) is 49.3 Å². The molecule has 2 atom stereocenters. The number of likely N-dealkylation sites (N-methyl/N-ethyl adjacent to an activating group) is 1. The zero-order valence-corrected chi connectivity index (χ0v) is 10.2. The number of aliphatic hydroxyl groups is 1. The minimum Gasteiger partial charge on any atom is -0.395 e. The Hall–Kier alpha value is -0.120. The summed E-state index contributed by atoms with van der Waals surface area (Å²) < 4.78 is 0. The fraction of sp³-hybridized carbons (Fsp3) is 1.00. The fourth-order valence-corrected chi connectivity index (χ4v) is 2.52. The first-order valence-corrected chi connectivity index (χ1v) is 6.30. The van der Waals surface area contributed by atoms with Crippen LogP contribution < -0.4 is 5.32 Å². The summed E-state index contributed by atoms with van der Waals surface area (Å²) >= 11 is 0. The first kappa shape index (κ1) is 12.9. The Morgan fingerprint density at radius 1 is 1.40 bits per heavy atom. The average Bonchev–Trinajstić information content (AvgIpc) is 2.63. The first-order valence-electron chi connectivity index (χ1n) is 6.30. The van der Waals surface area contributed by atoms with E-state index in [0.717, 1.165) is 25.6 Å². The first-order chi connectivity index (χ1) is 7.27. The molecule has 0 bridgehead atoms. The molecule has 0 aromatic heterocycles. The van der Waals surface area contributed by atoms with Crippen molar-refractivity contribution in [3.05, 3.63) is 0 Å². The number of hydrogen-bond acceptors (Lipinski definition) is 3. The molecule has 90 valence electrons. The van der Waals surface area contributed by atoms with Crippen molar-refractivity contribution in [1.29, 1.82) is 0 Å². The van der Waals surface area contributed by atoms with Gasteiger partial charge in [-0.15, -0.1) is 0 Å². The molecule has 3 heteroatoms. The molecule has 0 radical (unpaired) electrons. The summed E-state index contributed by atoms with van der Waals surface area (Å²) in [7, 11) is 2.10. The summed E-state index contributed by atoms with van der Waals surface area (Å²) in [4.78, 5) is 2.25. The predicted octanol–water partition coefficient (Wildman–Crippen LogP) is 1.08. The molecule has 0 saturated heterocycles. The van der Waals surface area contributed by atoms with E-state index in [1.54, 1.807) is 0 Å². The molecule has 0 aliphatic heterocycles. The highest BCUT2D eigenvalue weighted by atomic mass is 16.3. The maximum Gasteiger partial charge on any atom is 0.0558 e. The lowest BCUT2D eigenvalue weighted by atomic mass is 10.0. The van der Waals surface area contributed by atoms with Crippen LogP contribution in [0.4, 0.5) is 0 Å². The van der Waals surface area contributed by atoms with Gasteiger partial charge in [0.05, 0.1) is 6.61 Å². The van der Waals surface area contributed by atoms with Crippen molar-refractivity contribution in [2.45, 2.75) is 38.6 Å². The molecule has 0 spiro atoms. The summed E-state index contributed by atoms with van der Waals surface area (Å²) in [6, 6.07) is 0.714. The summed E-state index contributed by atoms with van der Waals surface area (Å²) in [5, 5.41) is 12.5. The highest BCUT2D eigenvalue weighted by molar-refractivity contribution is 4.84. The minimum atomic E-state index is 0.274. The van der Waals surface area contributed by atoms with E-state index < -0.39 is 0 Å². The average molecular weight is 214 g/mol. The molecule has 0 aromatic carbocycles. The van der Waals surface area contributed by atoms with Gasteiger partial charge in [-0.2, -0.15) is 0 Å². The van der Waals surface area contributed by atoms with Crippen LogP contribution in [0.5, 0.6) is 0 Å². The van der Waals surface area contributed by atoms with Crippen LogP contribution in [0, 0.1) is 5.92 Å². The van der Waals surface area contributed by atoms with Crippen molar-refractivity contribution in [1.82, 2.24) is 10.2 Å². The molecule has 1 saturated carbocycles. The summed E-state index contributed by atoms with van der Waals surface area (Å²) in [5.41, 5.74) is 0. The number of nitrogens with zero attached hydrogens (tertiary/aromatic N) is 1. The maximum absolute atomic E-state index is 8.86. The van der Waals surface area contributed by atoms with Crippen LogP contribution in [0.1, 0.15) is 32.6 Å². The lowest BCUT2D eigenvalue weighted by Crippen LogP contribution is -2.39. The highest BCUT2D eigenvalue weighted by Crippen LogP contribution is 2.26. The van der Waals surface area contributed by atoms with E-state index >= 15 is 0 Å². The van der Waals surface area contributed by atoms with Crippen molar-refractivity contribution < 1.29 is 5.11 Å². The molecule has 1 aliphatic carbocycles. The van der Waals surface area contributed by atoms with Gasteiger partial charge in [0.1, 0.15) is 0 Å². The second kappa shape index (κ2) is 7.20. The van der Waals surface area contributed by atoms with Crippen molar-refractivity contribution >= 4 is 0 Å². The van der Waals surface area contributed by atoms with Gasteiger partial charge in [0.25, 0.3) is 0 Å². The number of nitrogens with one attached hydrogen (secondary N) is 1. The molecule has 0 heterocycles. The van der Waals surface area contributed by atoms with Gasteiger partial charge >= 0.3 is 0 Å². The van der Waals surface area contributed by atoms with Gasteiger partial charge in [0, 0.05) is 19.1 Å². The van der Waals surface area contributed by atoms with Gasteiger partial charge in [-0.25, -0.2) is 0 Å². The Bertz CT molecular complexity index is 164. The molecule has 1 rings (SSSR count). The van der Waals surface area contributed by atoms with Crippen molar-refractivity contribution in [2.75, 3.05) is 33.3 Å². The predicted molar refractivity (Wildman–Crippen MR) is 64.0 cm³/mol. The monoisotopic (exact) mass is 214 g/mol. The van der Waals surface area contributed by atoms with Crippen molar-refractivity contribution in [2.24, 2.45) is 5.92 Å². The van der Waals surface area contributed by atoms with Crippen LogP contribution in [0.25, 0.3) is 0 Å². The SMILES string of the molecule is CCCNC1CCCC1CN(C)CCO. The lowest BCUT2D eigenvalue weighted by molar-refractivity contribution is 0.193. The molecule has 1 fully saturated rings. The molecular formula is C12H26N2O. The third-order valence-corrected chi connectivity index (χ3v) is 3.34. The lowest BCUT2D eigenvalue weighted by Gasteiger charge is -2.25. The van der Waals surface area contributed by atoms with Gasteiger partial charge in [-0.1, -0.05) is 13.3 Å². The Labute approximate surface area is 93.9 Å². The fourth-order valence-electron chi connectivity index (χ4n) is 2.52. The van der Waals surface area contributed by atoms with Gasteiger partial charge in [-0.3, -0.25) is 0 Å². The summed E-state index contributed by atoms with van der Waals surface area (Å²) in [6.45, 7) is 5.56. The van der Waals surface area contributed by atoms with Crippen molar-refractivity contribution in [3.8, 4) is 0 Å². The van der Waals surface area contributed by atoms with Crippen LogP contribution in [0.2, 0.25) is 0 Å². The zero-order chi connectivity index (χ0) is 11.1. The van der Waals surface area contributed by atoms with E-state index in [2.05, 4.69) is 24.2 Å². The zero-order valence-electron chi connectivity index (χ0n) is 10.2. The van der Waals surface area contributed by atoms with E-state index in [-0.39, 0.29) is 6.61 Å². The third kappa shape index (κ3) is 4.49. The van der Waals surface area contributed by atoms with Gasteiger partial charge in [0.2, 0.25) is 0 Å². The molecular weight excluding hydrogens is 188 g/mol. The minimum absolute atomic E-state index is 0.274. The molecule has 3 nitrogen and oxygen atoms in total. The smallest absolute Gasteiger partial charge is 0.0558 e. The van der Waals surface area contributed by atoms with Crippen LogP contribution >= 0.6 is 0 Å². The quantitative estimate of drug-likeness (QED) is 0.665. The standard InChI is InChI=1S/C12H26N2O/c1-3-7-13-12-6-4-5-11(12)10-14(2)8-9-15/h11-13,15H,3-10H2,1-2H3. The largest absolute Gasteiger partial charge is 0.395 e. The molecule has 2 N–H and O–H groups in total. The van der Waals surface area contributed by atoms with Gasteiger partial charge < -0.3 is 15.3 Å². The van der Waals surface area contributed by atoms with E-state index in [4.69, 9.17) is 5.11 Å². The summed E-state index contributed by atoms with van der Waals surface area (Å²) in [6.07, 6.45) is 5.25. The Morgan fingerprint density at radius 2 is 2.20 bits per heavy atom. The molecule has 15 heavy (non-hydrogen) atoms. The van der Waals surface area contributed by atoms with Crippen LogP contribution in [0.15, 0.2) is 0 Å². The Balaban J connectivity index is 2.26. The van der Waals surface area contributed by atoms with E-state index in [0.29, 0.717) is 6.04 Å². The molecule has 0 amide bonds. The van der Waals surface area contributed by atoms with Crippen LogP contribution in [0.3, 0.4) is 0 Å². The summed E-state index contributed by atoms with van der Waals surface area (Å²) in [5.74, 6) is 0.785. The number of hydrogen-bond donors (Lipinski definition) is 2. The van der Waals surface area contributed by atoms with Crippen molar-refractivity contribution in [3.63, 3.8) is 0 Å². The second-order valence-corrected chi connectivity index (χ2v) is 4.74. The molecule has 2 unspecified atom stereocenters. The topological polar surface area (TPSA) is 35.5 Å². The van der Waals surface area contributed by atoms with Gasteiger partial charge in [-0.05, 0) is 38.8 Å². The number of aliphatic hydroxyl groups excluding tert-OH is 1. The Morgan fingerprint density at radius 3 is 2.87 bits per heavy atom. The third-order valence-electron chi connectivity index (χ3n) is 3.34. The maximum atomic E-state index is 8.86. The van der Waals surface area contributed by atoms with E-state index in [1.165, 1.54) is 25.7 Å². The highest BCUT2D eigenvalue weighted by Gasteiger charge is 2.27. The van der Waals surface area contributed by atoms with E-state index in [9.17, 15) is 0 Å². The van der Waals surface area contributed by atoms with Gasteiger partial charge in [0.15, 0.2) is 0 Å².